The number of benzene rings is 1. The number of aromatic nitrogens is 1. The summed E-state index contributed by atoms with van der Waals surface area (Å²) in [5.41, 5.74) is 0.850. The van der Waals surface area contributed by atoms with Crippen LogP contribution in [0.4, 0.5) is 0 Å². The van der Waals surface area contributed by atoms with Crippen molar-refractivity contribution in [3.05, 3.63) is 41.8 Å². The van der Waals surface area contributed by atoms with E-state index in [-0.39, 0.29) is 36.3 Å². The van der Waals surface area contributed by atoms with E-state index < -0.39 is 5.97 Å². The number of aromatic carboxylic acids is 1. The van der Waals surface area contributed by atoms with E-state index in [1.54, 1.807) is 11.0 Å². The Hall–Kier alpha value is -2.05. The fourth-order valence-corrected chi connectivity index (χ4v) is 2.40. The van der Waals surface area contributed by atoms with Crippen LogP contribution in [0, 0.1) is 0 Å². The Morgan fingerprint density at radius 3 is 2.16 bits per heavy atom. The maximum Gasteiger partial charge on any atom is 0.335 e. The van der Waals surface area contributed by atoms with Crippen LogP contribution in [0.5, 0.6) is 0 Å². The number of carboxylic acid groups (broad SMARTS) is 1. The van der Waals surface area contributed by atoms with Crippen molar-refractivity contribution in [2.24, 2.45) is 0 Å². The minimum absolute atomic E-state index is 0. The number of hydrogen-bond donors (Lipinski definition) is 1. The maximum absolute atomic E-state index is 12.7. The molecule has 0 atom stereocenters. The predicted octanol–water partition coefficient (Wildman–Crippen LogP) is 4.15. The Bertz CT molecular complexity index is 684. The molecular weight excluding hydrogens is 367 g/mol. The first-order chi connectivity index (χ1) is 11.1. The molecule has 0 spiro atoms. The number of rotatable bonds is 7. The van der Waals surface area contributed by atoms with Crippen LogP contribution < -0.4 is 0 Å². The van der Waals surface area contributed by atoms with Gasteiger partial charge in [0, 0.05) is 24.2 Å². The van der Waals surface area contributed by atoms with E-state index in [0.717, 1.165) is 12.8 Å². The van der Waals surface area contributed by atoms with E-state index in [1.807, 2.05) is 13.8 Å². The molecule has 1 N–H and O–H groups in total. The van der Waals surface area contributed by atoms with Gasteiger partial charge in [-0.15, -0.1) is 24.8 Å². The first-order valence-electron chi connectivity index (χ1n) is 7.64. The van der Waals surface area contributed by atoms with Gasteiger partial charge >= 0.3 is 5.97 Å². The van der Waals surface area contributed by atoms with Crippen LogP contribution in [0.1, 0.15) is 47.4 Å². The zero-order chi connectivity index (χ0) is 16.8. The molecule has 6 nitrogen and oxygen atoms in total. The molecule has 0 saturated carbocycles. The van der Waals surface area contributed by atoms with E-state index in [2.05, 4.69) is 4.98 Å². The normalized spacial score (nSPS) is 9.68. The van der Waals surface area contributed by atoms with E-state index in [1.165, 1.54) is 24.6 Å². The Kier molecular flexibility index (Phi) is 9.86. The molecule has 1 heterocycles. The van der Waals surface area contributed by atoms with Gasteiger partial charge in [0.05, 0.1) is 11.8 Å². The van der Waals surface area contributed by atoms with Crippen LogP contribution >= 0.6 is 24.8 Å². The van der Waals surface area contributed by atoms with Crippen LogP contribution in [0.3, 0.4) is 0 Å². The smallest absolute Gasteiger partial charge is 0.335 e. The second-order valence-corrected chi connectivity index (χ2v) is 5.23. The Balaban J connectivity index is 0.00000288. The molecule has 138 valence electrons. The van der Waals surface area contributed by atoms with Crippen molar-refractivity contribution in [2.45, 2.75) is 26.7 Å². The summed E-state index contributed by atoms with van der Waals surface area (Å²) in [4.78, 5) is 29.8. The molecular formula is C17H22Cl2N2O4. The van der Waals surface area contributed by atoms with E-state index >= 15 is 0 Å². The zero-order valence-electron chi connectivity index (χ0n) is 14.1. The molecule has 0 unspecified atom stereocenters. The van der Waals surface area contributed by atoms with Gasteiger partial charge in [0.25, 0.3) is 5.91 Å². The number of hydrogen-bond acceptors (Lipinski definition) is 4. The highest BCUT2D eigenvalue weighted by molar-refractivity contribution is 5.99. The molecule has 1 amide bonds. The summed E-state index contributed by atoms with van der Waals surface area (Å²) in [6, 6.07) is 4.48. The Morgan fingerprint density at radius 1 is 1.08 bits per heavy atom. The van der Waals surface area contributed by atoms with Gasteiger partial charge in [-0.1, -0.05) is 13.8 Å². The van der Waals surface area contributed by atoms with Gasteiger partial charge < -0.3 is 14.4 Å². The third-order valence-electron chi connectivity index (χ3n) is 3.38. The van der Waals surface area contributed by atoms with Gasteiger partial charge in [0.15, 0.2) is 0 Å². The number of carboxylic acids is 1. The van der Waals surface area contributed by atoms with E-state index in [4.69, 9.17) is 4.42 Å². The number of nitrogens with zero attached hydrogens (tertiary/aromatic N) is 2. The topological polar surface area (TPSA) is 83.6 Å². The summed E-state index contributed by atoms with van der Waals surface area (Å²) < 4.78 is 5.22. The van der Waals surface area contributed by atoms with Crippen molar-refractivity contribution in [1.29, 1.82) is 0 Å². The number of halogens is 2. The number of carbonyl (C=O) groups is 2. The summed E-state index contributed by atoms with van der Waals surface area (Å²) in [6.45, 7) is 5.28. The zero-order valence-corrected chi connectivity index (χ0v) is 15.7. The van der Waals surface area contributed by atoms with Crippen LogP contribution in [0.15, 0.2) is 35.1 Å². The third kappa shape index (κ3) is 5.76. The van der Waals surface area contributed by atoms with Gasteiger partial charge in [-0.25, -0.2) is 9.78 Å². The van der Waals surface area contributed by atoms with E-state index in [0.29, 0.717) is 30.1 Å². The van der Waals surface area contributed by atoms with Crippen molar-refractivity contribution >= 4 is 36.7 Å². The molecule has 1 aromatic heterocycles. The molecule has 0 saturated heterocycles. The van der Waals surface area contributed by atoms with Crippen molar-refractivity contribution < 1.29 is 19.1 Å². The standard InChI is InChI=1S/C17H20N2O4.2ClH/c1-3-6-19(7-4-2)16(20)13-9-12(15-18-5-8-23-15)10-14(11-13)17(21)22;;/h5,8-11H,3-4,6-7H2,1-2H3,(H,21,22);2*1H. The monoisotopic (exact) mass is 388 g/mol. The van der Waals surface area contributed by atoms with Crippen molar-refractivity contribution in [2.75, 3.05) is 13.1 Å². The number of carbonyl (C=O) groups excluding carboxylic acids is 1. The van der Waals surface area contributed by atoms with Gasteiger partial charge in [-0.2, -0.15) is 0 Å². The number of oxazole rings is 1. The highest BCUT2D eigenvalue weighted by atomic mass is 35.5. The highest BCUT2D eigenvalue weighted by Gasteiger charge is 2.19. The largest absolute Gasteiger partial charge is 0.478 e. The van der Waals surface area contributed by atoms with Crippen LogP contribution in [-0.2, 0) is 0 Å². The van der Waals surface area contributed by atoms with Crippen LogP contribution in [-0.4, -0.2) is 40.0 Å². The van der Waals surface area contributed by atoms with Gasteiger partial charge in [-0.3, -0.25) is 4.79 Å². The summed E-state index contributed by atoms with van der Waals surface area (Å²) in [6.07, 6.45) is 4.57. The molecule has 8 heteroatoms. The summed E-state index contributed by atoms with van der Waals surface area (Å²) in [5.74, 6) is -0.978. The SMILES string of the molecule is CCCN(CCC)C(=O)c1cc(C(=O)O)cc(-c2ncco2)c1.Cl.Cl. The van der Waals surface area contributed by atoms with Gasteiger partial charge in [0.2, 0.25) is 5.89 Å². The molecule has 0 aliphatic heterocycles. The molecule has 2 rings (SSSR count). The molecule has 1 aromatic carbocycles. The average molecular weight is 389 g/mol. The lowest BCUT2D eigenvalue weighted by Crippen LogP contribution is -2.32. The van der Waals surface area contributed by atoms with Gasteiger partial charge in [0.1, 0.15) is 6.26 Å². The molecule has 2 aromatic rings. The fraction of sp³-hybridized carbons (Fsp3) is 0.353. The maximum atomic E-state index is 12.7. The third-order valence-corrected chi connectivity index (χ3v) is 3.38. The molecule has 0 aliphatic carbocycles. The minimum Gasteiger partial charge on any atom is -0.478 e. The Labute approximate surface area is 159 Å². The van der Waals surface area contributed by atoms with E-state index in [9.17, 15) is 14.7 Å². The molecule has 0 radical (unpaired) electrons. The van der Waals surface area contributed by atoms with Crippen LogP contribution in [0.2, 0.25) is 0 Å². The lowest BCUT2D eigenvalue weighted by molar-refractivity contribution is 0.0697. The minimum atomic E-state index is -1.09. The summed E-state index contributed by atoms with van der Waals surface area (Å²) >= 11 is 0. The first-order valence-corrected chi connectivity index (χ1v) is 7.64. The Morgan fingerprint density at radius 2 is 1.68 bits per heavy atom. The lowest BCUT2D eigenvalue weighted by Gasteiger charge is -2.22. The second-order valence-electron chi connectivity index (χ2n) is 5.23. The summed E-state index contributed by atoms with van der Waals surface area (Å²) in [7, 11) is 0. The average Bonchev–Trinajstić information content (AvgIpc) is 3.08. The van der Waals surface area contributed by atoms with Crippen LogP contribution in [0.25, 0.3) is 11.5 Å². The first kappa shape index (κ1) is 22.9. The second kappa shape index (κ2) is 10.7. The molecule has 25 heavy (non-hydrogen) atoms. The van der Waals surface area contributed by atoms with Crippen molar-refractivity contribution in [3.8, 4) is 11.5 Å². The quantitative estimate of drug-likeness (QED) is 0.769. The van der Waals surface area contributed by atoms with Crippen molar-refractivity contribution in [3.63, 3.8) is 0 Å². The van der Waals surface area contributed by atoms with Gasteiger partial charge in [-0.05, 0) is 31.0 Å². The number of amides is 1. The molecule has 0 fully saturated rings. The molecule has 0 bridgehead atoms. The predicted molar refractivity (Wildman–Crippen MR) is 99.9 cm³/mol. The van der Waals surface area contributed by atoms with Crippen molar-refractivity contribution in [1.82, 2.24) is 9.88 Å². The lowest BCUT2D eigenvalue weighted by atomic mass is 10.0. The highest BCUT2D eigenvalue weighted by Crippen LogP contribution is 2.22. The summed E-state index contributed by atoms with van der Waals surface area (Å²) in [5, 5.41) is 9.28. The fourth-order valence-electron chi connectivity index (χ4n) is 2.40. The molecule has 0 aliphatic rings.